The van der Waals surface area contributed by atoms with E-state index in [0.29, 0.717) is 5.92 Å². The maximum Gasteiger partial charge on any atom is 0.227 e. The fourth-order valence-corrected chi connectivity index (χ4v) is 1.52. The summed E-state index contributed by atoms with van der Waals surface area (Å²) in [5.41, 5.74) is -0.346. The van der Waals surface area contributed by atoms with Gasteiger partial charge in [0, 0.05) is 5.92 Å². The van der Waals surface area contributed by atoms with Crippen LogP contribution >= 0.6 is 0 Å². The molecule has 0 aliphatic heterocycles. The highest BCUT2D eigenvalue weighted by Gasteiger charge is 2.39. The fourth-order valence-electron chi connectivity index (χ4n) is 1.52. The number of anilines is 1. The summed E-state index contributed by atoms with van der Waals surface area (Å²) in [4.78, 5) is 11.4. The van der Waals surface area contributed by atoms with Crippen molar-refractivity contribution in [3.8, 4) is 0 Å². The first-order valence-corrected chi connectivity index (χ1v) is 4.84. The first kappa shape index (κ1) is 10.1. The molecule has 0 saturated heterocycles. The van der Waals surface area contributed by atoms with Gasteiger partial charge < -0.3 is 5.32 Å². The Morgan fingerprint density at radius 3 is 2.40 bits per heavy atom. The van der Waals surface area contributed by atoms with Crippen molar-refractivity contribution in [1.82, 2.24) is 0 Å². The van der Waals surface area contributed by atoms with Crippen molar-refractivity contribution in [1.29, 1.82) is 0 Å². The number of rotatable bonds is 2. The van der Waals surface area contributed by atoms with Crippen molar-refractivity contribution < 1.29 is 13.6 Å². The molecular formula is C11H11F2NO. The molecule has 80 valence electrons. The molecule has 2 rings (SSSR count). The van der Waals surface area contributed by atoms with E-state index in [-0.39, 0.29) is 17.5 Å². The van der Waals surface area contributed by atoms with Gasteiger partial charge in [0.1, 0.15) is 17.3 Å². The molecule has 4 heteroatoms. The van der Waals surface area contributed by atoms with E-state index < -0.39 is 11.6 Å². The molecule has 0 bridgehead atoms. The third kappa shape index (κ3) is 1.98. The van der Waals surface area contributed by atoms with Crippen LogP contribution in [-0.2, 0) is 4.79 Å². The Morgan fingerprint density at radius 1 is 1.40 bits per heavy atom. The Bertz CT molecular complexity index is 385. The van der Waals surface area contributed by atoms with Crippen molar-refractivity contribution in [3.05, 3.63) is 29.8 Å². The highest BCUT2D eigenvalue weighted by molar-refractivity contribution is 5.94. The summed E-state index contributed by atoms with van der Waals surface area (Å²) < 4.78 is 26.3. The number of carbonyl (C=O) groups excluding carboxylic acids is 1. The third-order valence-electron chi connectivity index (χ3n) is 2.66. The highest BCUT2D eigenvalue weighted by Crippen LogP contribution is 2.38. The lowest BCUT2D eigenvalue weighted by molar-refractivity contribution is -0.117. The summed E-state index contributed by atoms with van der Waals surface area (Å²) >= 11 is 0. The van der Waals surface area contributed by atoms with E-state index in [1.165, 1.54) is 6.07 Å². The standard InChI is InChI=1S/C11H11F2NO/c1-6-5-7(6)11(15)14-10-8(12)3-2-4-9(10)13/h2-4,6-7H,5H2,1H3,(H,14,15). The van der Waals surface area contributed by atoms with Gasteiger partial charge in [-0.25, -0.2) is 8.78 Å². The minimum Gasteiger partial charge on any atom is -0.321 e. The largest absolute Gasteiger partial charge is 0.321 e. The Hall–Kier alpha value is -1.45. The number of hydrogen-bond acceptors (Lipinski definition) is 1. The Morgan fingerprint density at radius 2 is 1.93 bits per heavy atom. The molecule has 15 heavy (non-hydrogen) atoms. The number of amides is 1. The van der Waals surface area contributed by atoms with Gasteiger partial charge in [0.25, 0.3) is 0 Å². The van der Waals surface area contributed by atoms with E-state index in [1.807, 2.05) is 6.92 Å². The van der Waals surface area contributed by atoms with Gasteiger partial charge in [-0.05, 0) is 24.5 Å². The first-order chi connectivity index (χ1) is 7.09. The summed E-state index contributed by atoms with van der Waals surface area (Å²) in [6, 6.07) is 3.50. The van der Waals surface area contributed by atoms with Crippen LogP contribution in [0.1, 0.15) is 13.3 Å². The van der Waals surface area contributed by atoms with Gasteiger partial charge in [0.15, 0.2) is 0 Å². The number of nitrogens with one attached hydrogen (secondary N) is 1. The van der Waals surface area contributed by atoms with Crippen molar-refractivity contribution in [2.24, 2.45) is 11.8 Å². The summed E-state index contributed by atoms with van der Waals surface area (Å²) in [6.45, 7) is 1.93. The smallest absolute Gasteiger partial charge is 0.227 e. The normalized spacial score (nSPS) is 23.7. The number of halogens is 2. The fraction of sp³-hybridized carbons (Fsp3) is 0.364. The summed E-state index contributed by atoms with van der Waals surface area (Å²) in [6.07, 6.45) is 0.794. The van der Waals surface area contributed by atoms with Crippen LogP contribution in [0.15, 0.2) is 18.2 Å². The topological polar surface area (TPSA) is 29.1 Å². The van der Waals surface area contributed by atoms with Crippen LogP contribution in [-0.4, -0.2) is 5.91 Å². The molecule has 1 aliphatic carbocycles. The maximum absolute atomic E-state index is 13.1. The number of hydrogen-bond donors (Lipinski definition) is 1. The monoisotopic (exact) mass is 211 g/mol. The molecule has 0 radical (unpaired) electrons. The number of carbonyl (C=O) groups is 1. The molecule has 1 aliphatic rings. The molecule has 2 nitrogen and oxygen atoms in total. The van der Waals surface area contributed by atoms with Gasteiger partial charge in [0.2, 0.25) is 5.91 Å². The molecule has 0 heterocycles. The molecule has 1 saturated carbocycles. The Kier molecular flexibility index (Phi) is 2.42. The van der Waals surface area contributed by atoms with Gasteiger partial charge in [-0.3, -0.25) is 4.79 Å². The SMILES string of the molecule is CC1CC1C(=O)Nc1c(F)cccc1F. The van der Waals surface area contributed by atoms with Crippen molar-refractivity contribution in [3.63, 3.8) is 0 Å². The van der Waals surface area contributed by atoms with E-state index in [4.69, 9.17) is 0 Å². The second kappa shape index (κ2) is 3.61. The van der Waals surface area contributed by atoms with Crippen LogP contribution in [0.2, 0.25) is 0 Å². The van der Waals surface area contributed by atoms with E-state index in [1.54, 1.807) is 0 Å². The quantitative estimate of drug-likeness (QED) is 0.800. The second-order valence-corrected chi connectivity index (χ2v) is 3.91. The number of benzene rings is 1. The zero-order valence-corrected chi connectivity index (χ0v) is 8.26. The predicted molar refractivity (Wildman–Crippen MR) is 52.3 cm³/mol. The second-order valence-electron chi connectivity index (χ2n) is 3.91. The van der Waals surface area contributed by atoms with Gasteiger partial charge in [-0.15, -0.1) is 0 Å². The zero-order chi connectivity index (χ0) is 11.0. The number of para-hydroxylation sites is 1. The van der Waals surface area contributed by atoms with Gasteiger partial charge >= 0.3 is 0 Å². The van der Waals surface area contributed by atoms with Gasteiger partial charge in [-0.2, -0.15) is 0 Å². The van der Waals surface area contributed by atoms with Crippen LogP contribution < -0.4 is 5.32 Å². The third-order valence-corrected chi connectivity index (χ3v) is 2.66. The van der Waals surface area contributed by atoms with E-state index in [9.17, 15) is 13.6 Å². The summed E-state index contributed by atoms with van der Waals surface area (Å²) in [5.74, 6) is -1.55. The lowest BCUT2D eigenvalue weighted by Gasteiger charge is -2.06. The van der Waals surface area contributed by atoms with Crippen molar-refractivity contribution in [2.45, 2.75) is 13.3 Å². The Balaban J connectivity index is 2.13. The van der Waals surface area contributed by atoms with Crippen LogP contribution in [0.4, 0.5) is 14.5 Å². The first-order valence-electron chi connectivity index (χ1n) is 4.84. The summed E-state index contributed by atoms with van der Waals surface area (Å²) in [7, 11) is 0. The van der Waals surface area contributed by atoms with Gasteiger partial charge in [-0.1, -0.05) is 13.0 Å². The maximum atomic E-state index is 13.1. The van der Waals surface area contributed by atoms with Crippen molar-refractivity contribution >= 4 is 11.6 Å². The molecule has 1 N–H and O–H groups in total. The summed E-state index contributed by atoms with van der Waals surface area (Å²) in [5, 5.41) is 2.28. The molecular weight excluding hydrogens is 200 g/mol. The molecule has 1 aromatic rings. The predicted octanol–water partition coefficient (Wildman–Crippen LogP) is 2.56. The molecule has 0 spiro atoms. The zero-order valence-electron chi connectivity index (χ0n) is 8.26. The molecule has 2 atom stereocenters. The molecule has 1 fully saturated rings. The van der Waals surface area contributed by atoms with Crippen LogP contribution in [0.25, 0.3) is 0 Å². The van der Waals surface area contributed by atoms with Crippen LogP contribution in [0.5, 0.6) is 0 Å². The van der Waals surface area contributed by atoms with Gasteiger partial charge in [0.05, 0.1) is 0 Å². The average molecular weight is 211 g/mol. The van der Waals surface area contributed by atoms with E-state index in [2.05, 4.69) is 5.32 Å². The van der Waals surface area contributed by atoms with Crippen LogP contribution in [0.3, 0.4) is 0 Å². The minimum atomic E-state index is -0.739. The van der Waals surface area contributed by atoms with E-state index in [0.717, 1.165) is 18.6 Å². The Labute approximate surface area is 86.3 Å². The minimum absolute atomic E-state index is 0.0935. The lowest BCUT2D eigenvalue weighted by Crippen LogP contribution is -2.16. The molecule has 1 aromatic carbocycles. The highest BCUT2D eigenvalue weighted by atomic mass is 19.1. The average Bonchev–Trinajstić information content (AvgIpc) is 2.89. The van der Waals surface area contributed by atoms with E-state index >= 15 is 0 Å². The molecule has 2 unspecified atom stereocenters. The van der Waals surface area contributed by atoms with Crippen molar-refractivity contribution in [2.75, 3.05) is 5.32 Å². The lowest BCUT2D eigenvalue weighted by atomic mass is 10.2. The molecule has 1 amide bonds. The molecule has 0 aromatic heterocycles. The van der Waals surface area contributed by atoms with Crippen LogP contribution in [0, 0.1) is 23.5 Å².